The lowest BCUT2D eigenvalue weighted by Crippen LogP contribution is -2.55. The maximum absolute atomic E-state index is 12.5. The fourth-order valence-corrected chi connectivity index (χ4v) is 3.05. The number of amides is 1. The molecule has 1 aromatic rings. The van der Waals surface area contributed by atoms with Crippen LogP contribution in [0.5, 0.6) is 0 Å². The van der Waals surface area contributed by atoms with Crippen molar-refractivity contribution in [3.63, 3.8) is 0 Å². The maximum Gasteiger partial charge on any atom is 0.403 e. The summed E-state index contributed by atoms with van der Waals surface area (Å²) in [5.74, 6) is -0.229. The van der Waals surface area contributed by atoms with Crippen molar-refractivity contribution in [2.45, 2.75) is 43.4 Å². The first-order valence-corrected chi connectivity index (χ1v) is 7.13. The summed E-state index contributed by atoms with van der Waals surface area (Å²) in [5, 5.41) is 5.33. The van der Waals surface area contributed by atoms with Crippen LogP contribution in [0, 0.1) is 0 Å². The van der Waals surface area contributed by atoms with E-state index in [0.29, 0.717) is 12.8 Å². The lowest BCUT2D eigenvalue weighted by atomic mass is 9.77. The van der Waals surface area contributed by atoms with Gasteiger partial charge in [0.1, 0.15) is 6.04 Å². The molecule has 3 rings (SSSR count). The number of rotatable bonds is 2. The van der Waals surface area contributed by atoms with E-state index in [4.69, 9.17) is 0 Å². The number of carbonyl (C=O) groups excluding carboxylic acids is 1. The summed E-state index contributed by atoms with van der Waals surface area (Å²) in [6.45, 7) is 0.171. The van der Waals surface area contributed by atoms with E-state index in [1.54, 1.807) is 0 Å². The van der Waals surface area contributed by atoms with Gasteiger partial charge in [-0.05, 0) is 30.4 Å². The SMILES string of the molecule is O=C(NC1CCC(C(F)(F)F)NC1)C1Cc2ccccc21. The van der Waals surface area contributed by atoms with Crippen molar-refractivity contribution in [1.82, 2.24) is 10.6 Å². The molecule has 0 radical (unpaired) electrons. The van der Waals surface area contributed by atoms with E-state index < -0.39 is 12.2 Å². The van der Waals surface area contributed by atoms with E-state index in [9.17, 15) is 18.0 Å². The van der Waals surface area contributed by atoms with E-state index >= 15 is 0 Å². The number of hydrogen-bond donors (Lipinski definition) is 2. The number of alkyl halides is 3. The van der Waals surface area contributed by atoms with Crippen molar-refractivity contribution in [3.8, 4) is 0 Å². The highest BCUT2D eigenvalue weighted by Crippen LogP contribution is 2.35. The molecule has 114 valence electrons. The standard InChI is InChI=1S/C15H17F3N2O/c16-15(17,18)13-6-5-10(8-19-13)20-14(21)12-7-9-3-1-2-4-11(9)12/h1-4,10,12-13,19H,5-8H2,(H,20,21). The molecule has 1 fully saturated rings. The zero-order valence-electron chi connectivity index (χ0n) is 11.4. The molecule has 3 unspecified atom stereocenters. The third-order valence-electron chi connectivity index (χ3n) is 4.33. The Morgan fingerprint density at radius 1 is 1.24 bits per heavy atom. The van der Waals surface area contributed by atoms with Gasteiger partial charge in [0.2, 0.25) is 5.91 Å². The number of benzene rings is 1. The lowest BCUT2D eigenvalue weighted by Gasteiger charge is -2.34. The Hall–Kier alpha value is -1.56. The minimum atomic E-state index is -4.21. The van der Waals surface area contributed by atoms with Crippen LogP contribution in [0.15, 0.2) is 24.3 Å². The Morgan fingerprint density at radius 3 is 2.62 bits per heavy atom. The predicted octanol–water partition coefficient (Wildman–Crippen LogP) is 2.13. The second-order valence-corrected chi connectivity index (χ2v) is 5.74. The molecule has 2 N–H and O–H groups in total. The van der Waals surface area contributed by atoms with E-state index in [2.05, 4.69) is 10.6 Å². The summed E-state index contributed by atoms with van der Waals surface area (Å²) in [4.78, 5) is 12.2. The minimum absolute atomic E-state index is 0.00962. The van der Waals surface area contributed by atoms with Crippen molar-refractivity contribution in [1.29, 1.82) is 0 Å². The third-order valence-corrected chi connectivity index (χ3v) is 4.33. The van der Waals surface area contributed by atoms with Gasteiger partial charge in [0, 0.05) is 12.6 Å². The summed E-state index contributed by atoms with van der Waals surface area (Å²) >= 11 is 0. The summed E-state index contributed by atoms with van der Waals surface area (Å²) < 4.78 is 37.6. The number of hydrogen-bond acceptors (Lipinski definition) is 2. The molecule has 0 aromatic heterocycles. The summed E-state index contributed by atoms with van der Waals surface area (Å²) in [7, 11) is 0. The highest BCUT2D eigenvalue weighted by molar-refractivity contribution is 5.87. The number of halogens is 3. The normalized spacial score (nSPS) is 28.4. The second-order valence-electron chi connectivity index (χ2n) is 5.74. The molecule has 1 heterocycles. The molecule has 21 heavy (non-hydrogen) atoms. The number of carbonyl (C=O) groups is 1. The van der Waals surface area contributed by atoms with Gasteiger partial charge in [-0.2, -0.15) is 13.2 Å². The second kappa shape index (κ2) is 5.33. The minimum Gasteiger partial charge on any atom is -0.352 e. The van der Waals surface area contributed by atoms with E-state index in [-0.39, 0.29) is 30.8 Å². The molecule has 1 saturated heterocycles. The molecule has 3 atom stereocenters. The maximum atomic E-state index is 12.5. The number of nitrogens with one attached hydrogen (secondary N) is 2. The van der Waals surface area contributed by atoms with Crippen LogP contribution in [-0.4, -0.2) is 30.7 Å². The van der Waals surface area contributed by atoms with Gasteiger partial charge in [-0.15, -0.1) is 0 Å². The fourth-order valence-electron chi connectivity index (χ4n) is 3.05. The van der Waals surface area contributed by atoms with Gasteiger partial charge >= 0.3 is 6.18 Å². The van der Waals surface area contributed by atoms with Crippen LogP contribution in [0.25, 0.3) is 0 Å². The molecule has 3 nitrogen and oxygen atoms in total. The molecule has 1 aromatic carbocycles. The first-order valence-electron chi connectivity index (χ1n) is 7.13. The molecular formula is C15H17F3N2O. The Kier molecular flexibility index (Phi) is 3.65. The van der Waals surface area contributed by atoms with Crippen molar-refractivity contribution >= 4 is 5.91 Å². The molecule has 0 saturated carbocycles. The van der Waals surface area contributed by atoms with E-state index in [0.717, 1.165) is 5.56 Å². The largest absolute Gasteiger partial charge is 0.403 e. The molecule has 1 aliphatic carbocycles. The number of fused-ring (bicyclic) bond motifs is 1. The summed E-state index contributed by atoms with van der Waals surface area (Å²) in [5.41, 5.74) is 2.21. The monoisotopic (exact) mass is 298 g/mol. The average molecular weight is 298 g/mol. The van der Waals surface area contributed by atoms with Crippen molar-refractivity contribution < 1.29 is 18.0 Å². The zero-order chi connectivity index (χ0) is 15.0. The highest BCUT2D eigenvalue weighted by Gasteiger charge is 2.42. The van der Waals surface area contributed by atoms with E-state index in [1.807, 2.05) is 24.3 Å². The molecule has 0 bridgehead atoms. The van der Waals surface area contributed by atoms with Gasteiger partial charge in [0.15, 0.2) is 0 Å². The van der Waals surface area contributed by atoms with Crippen LogP contribution in [-0.2, 0) is 11.2 Å². The smallest absolute Gasteiger partial charge is 0.352 e. The molecule has 6 heteroatoms. The van der Waals surface area contributed by atoms with Crippen molar-refractivity contribution in [2.24, 2.45) is 0 Å². The van der Waals surface area contributed by atoms with Gasteiger partial charge in [-0.1, -0.05) is 24.3 Å². The zero-order valence-corrected chi connectivity index (χ0v) is 11.4. The number of piperidine rings is 1. The first-order chi connectivity index (χ1) is 9.95. The van der Waals surface area contributed by atoms with Gasteiger partial charge in [-0.3, -0.25) is 4.79 Å². The van der Waals surface area contributed by atoms with Crippen molar-refractivity contribution in [2.75, 3.05) is 6.54 Å². The van der Waals surface area contributed by atoms with Gasteiger partial charge in [0.25, 0.3) is 0 Å². The predicted molar refractivity (Wildman–Crippen MR) is 71.9 cm³/mol. The van der Waals surface area contributed by atoms with Crippen LogP contribution in [0.2, 0.25) is 0 Å². The molecule has 2 aliphatic rings. The van der Waals surface area contributed by atoms with Crippen LogP contribution in [0.3, 0.4) is 0 Å². The van der Waals surface area contributed by atoms with Gasteiger partial charge < -0.3 is 10.6 Å². The lowest BCUT2D eigenvalue weighted by molar-refractivity contribution is -0.161. The van der Waals surface area contributed by atoms with Crippen LogP contribution < -0.4 is 10.6 Å². The Balaban J connectivity index is 1.52. The topological polar surface area (TPSA) is 41.1 Å². The van der Waals surface area contributed by atoms with Crippen LogP contribution in [0.4, 0.5) is 13.2 Å². The first kappa shape index (κ1) is 14.4. The summed E-state index contributed by atoms with van der Waals surface area (Å²) in [6.07, 6.45) is -3.12. The van der Waals surface area contributed by atoms with Crippen LogP contribution in [0.1, 0.15) is 29.9 Å². The van der Waals surface area contributed by atoms with Crippen LogP contribution >= 0.6 is 0 Å². The molecular weight excluding hydrogens is 281 g/mol. The summed E-state index contributed by atoms with van der Waals surface area (Å²) in [6, 6.07) is 6.10. The van der Waals surface area contributed by atoms with Crippen molar-refractivity contribution in [3.05, 3.63) is 35.4 Å². The van der Waals surface area contributed by atoms with E-state index in [1.165, 1.54) is 5.56 Å². The Morgan fingerprint density at radius 2 is 2.00 bits per heavy atom. The Bertz CT molecular complexity index is 536. The Labute approximate surface area is 120 Å². The molecule has 1 amide bonds. The molecule has 1 aliphatic heterocycles. The molecule has 0 spiro atoms. The third kappa shape index (κ3) is 2.90. The van der Waals surface area contributed by atoms with Gasteiger partial charge in [0.05, 0.1) is 5.92 Å². The fraction of sp³-hybridized carbons (Fsp3) is 0.533. The quantitative estimate of drug-likeness (QED) is 0.878. The highest BCUT2D eigenvalue weighted by atomic mass is 19.4. The van der Waals surface area contributed by atoms with Gasteiger partial charge in [-0.25, -0.2) is 0 Å². The average Bonchev–Trinajstić information content (AvgIpc) is 2.40.